The van der Waals surface area contributed by atoms with Gasteiger partial charge in [0.25, 0.3) is 0 Å². The number of hydrogen-bond donors (Lipinski definition) is 1. The van der Waals surface area contributed by atoms with E-state index >= 15 is 0 Å². The molecular weight excluding hydrogens is 498 g/mol. The molecule has 0 saturated heterocycles. The summed E-state index contributed by atoms with van der Waals surface area (Å²) in [6.45, 7) is -1.24. The summed E-state index contributed by atoms with van der Waals surface area (Å²) in [6, 6.07) is 9.99. The van der Waals surface area contributed by atoms with Gasteiger partial charge in [0, 0.05) is 19.1 Å². The largest absolute Gasteiger partial charge is 0.490 e. The van der Waals surface area contributed by atoms with E-state index in [0.717, 1.165) is 11.6 Å². The molecule has 2 rings (SSSR count). The van der Waals surface area contributed by atoms with Crippen LogP contribution in [-0.2, 0) is 16.0 Å². The van der Waals surface area contributed by atoms with Crippen molar-refractivity contribution in [2.24, 2.45) is 0 Å². The van der Waals surface area contributed by atoms with Crippen LogP contribution in [0.25, 0.3) is 6.08 Å². The maximum atomic E-state index is 12.4. The van der Waals surface area contributed by atoms with E-state index in [9.17, 15) is 31.1 Å². The van der Waals surface area contributed by atoms with Gasteiger partial charge in [0.1, 0.15) is 23.9 Å². The highest BCUT2D eigenvalue weighted by Gasteiger charge is 2.30. The first kappa shape index (κ1) is 28.8. The Morgan fingerprint density at radius 1 is 0.889 bits per heavy atom. The van der Waals surface area contributed by atoms with Crippen LogP contribution in [0.2, 0.25) is 0 Å². The molecule has 36 heavy (non-hydrogen) atoms. The summed E-state index contributed by atoms with van der Waals surface area (Å²) in [4.78, 5) is 11.2. The van der Waals surface area contributed by atoms with Gasteiger partial charge in [0.15, 0.2) is 19.3 Å². The van der Waals surface area contributed by atoms with Gasteiger partial charge in [0.05, 0.1) is 0 Å². The van der Waals surface area contributed by atoms with E-state index in [1.165, 1.54) is 24.3 Å². The number of aliphatic carboxylic acids is 1. The summed E-state index contributed by atoms with van der Waals surface area (Å²) in [5, 5.41) is 9.15. The van der Waals surface area contributed by atoms with Crippen molar-refractivity contribution in [3.05, 3.63) is 59.7 Å². The van der Waals surface area contributed by atoms with Crippen LogP contribution in [-0.4, -0.2) is 56.0 Å². The standard InChI is InChI=1S/C24H24F6O6/c1-2-33-21(22(31)32)12-16-5-7-18(8-6-16)34-9-3-4-17-10-19(35-14-23(25,26)27)13-20(11-17)36-15-24(28,29)30/h3-8,10-11,13,21H,2,9,12,14-15H2,1H3,(H,31,32). The molecule has 0 radical (unpaired) electrons. The topological polar surface area (TPSA) is 74.2 Å². The number of rotatable bonds is 13. The van der Waals surface area contributed by atoms with Crippen molar-refractivity contribution in [2.75, 3.05) is 26.4 Å². The molecule has 2 aromatic rings. The normalized spacial score (nSPS) is 13.0. The zero-order valence-electron chi connectivity index (χ0n) is 19.1. The summed E-state index contributed by atoms with van der Waals surface area (Å²) in [7, 11) is 0. The SMILES string of the molecule is CCOC(Cc1ccc(OCC=Cc2cc(OCC(F)(F)F)cc(OCC(F)(F)F)c2)cc1)C(=O)O. The van der Waals surface area contributed by atoms with Crippen LogP contribution in [0.3, 0.4) is 0 Å². The highest BCUT2D eigenvalue weighted by Crippen LogP contribution is 2.27. The average Bonchev–Trinajstić information content (AvgIpc) is 2.79. The van der Waals surface area contributed by atoms with E-state index in [4.69, 9.17) is 14.6 Å². The third-order valence-corrected chi connectivity index (χ3v) is 4.35. The molecule has 198 valence electrons. The molecule has 0 heterocycles. The molecule has 0 aliphatic rings. The van der Waals surface area contributed by atoms with E-state index in [1.54, 1.807) is 31.2 Å². The second kappa shape index (κ2) is 13.1. The number of carboxylic acid groups (broad SMARTS) is 1. The number of alkyl halides is 6. The third kappa shape index (κ3) is 11.3. The van der Waals surface area contributed by atoms with Crippen LogP contribution in [0, 0.1) is 0 Å². The first-order valence-electron chi connectivity index (χ1n) is 10.6. The quantitative estimate of drug-likeness (QED) is 0.341. The molecule has 0 aliphatic heterocycles. The van der Waals surface area contributed by atoms with Gasteiger partial charge in [-0.1, -0.05) is 18.2 Å². The smallest absolute Gasteiger partial charge is 0.422 e. The van der Waals surface area contributed by atoms with Gasteiger partial charge in [-0.25, -0.2) is 4.79 Å². The highest BCUT2D eigenvalue weighted by molar-refractivity contribution is 5.72. The van der Waals surface area contributed by atoms with E-state index in [-0.39, 0.29) is 36.7 Å². The molecule has 0 spiro atoms. The van der Waals surface area contributed by atoms with Crippen LogP contribution in [0.1, 0.15) is 18.1 Å². The first-order valence-corrected chi connectivity index (χ1v) is 10.6. The summed E-state index contributed by atoms with van der Waals surface area (Å²) in [5.41, 5.74) is 0.960. The number of benzene rings is 2. The molecule has 12 heteroatoms. The van der Waals surface area contributed by atoms with Gasteiger partial charge in [-0.2, -0.15) is 26.3 Å². The summed E-state index contributed by atoms with van der Waals surface area (Å²) in [5.74, 6) is -1.23. The fourth-order valence-electron chi connectivity index (χ4n) is 2.87. The Kier molecular flexibility index (Phi) is 10.5. The van der Waals surface area contributed by atoms with Gasteiger partial charge < -0.3 is 24.1 Å². The van der Waals surface area contributed by atoms with Crippen molar-refractivity contribution in [1.29, 1.82) is 0 Å². The van der Waals surface area contributed by atoms with Crippen molar-refractivity contribution in [2.45, 2.75) is 31.8 Å². The van der Waals surface area contributed by atoms with E-state index < -0.39 is 37.6 Å². The monoisotopic (exact) mass is 522 g/mol. The molecular formula is C24H24F6O6. The van der Waals surface area contributed by atoms with Crippen molar-refractivity contribution in [1.82, 2.24) is 0 Å². The zero-order chi connectivity index (χ0) is 26.8. The molecule has 6 nitrogen and oxygen atoms in total. The molecule has 0 amide bonds. The molecule has 0 fully saturated rings. The van der Waals surface area contributed by atoms with Crippen molar-refractivity contribution >= 4 is 12.0 Å². The molecule has 2 aromatic carbocycles. The molecule has 0 saturated carbocycles. The molecule has 0 aliphatic carbocycles. The highest BCUT2D eigenvalue weighted by atomic mass is 19.4. The second-order valence-corrected chi connectivity index (χ2v) is 7.39. The molecule has 1 atom stereocenters. The predicted octanol–water partition coefficient (Wildman–Crippen LogP) is 5.69. The lowest BCUT2D eigenvalue weighted by Gasteiger charge is -2.13. The maximum absolute atomic E-state index is 12.4. The van der Waals surface area contributed by atoms with Gasteiger partial charge in [0.2, 0.25) is 0 Å². The number of halogens is 6. The third-order valence-electron chi connectivity index (χ3n) is 4.35. The summed E-state index contributed by atoms with van der Waals surface area (Å²) in [6.07, 6.45) is -7.12. The minimum atomic E-state index is -4.63. The Hall–Kier alpha value is -3.41. The van der Waals surface area contributed by atoms with Crippen LogP contribution < -0.4 is 14.2 Å². The zero-order valence-corrected chi connectivity index (χ0v) is 19.1. The predicted molar refractivity (Wildman–Crippen MR) is 117 cm³/mol. The Bertz CT molecular complexity index is 965. The van der Waals surface area contributed by atoms with Gasteiger partial charge in [-0.3, -0.25) is 0 Å². The molecule has 0 bridgehead atoms. The minimum absolute atomic E-state index is 0.0302. The van der Waals surface area contributed by atoms with E-state index in [1.807, 2.05) is 0 Å². The number of carboxylic acids is 1. The average molecular weight is 522 g/mol. The Labute approximate surface area is 203 Å². The minimum Gasteiger partial charge on any atom is -0.490 e. The lowest BCUT2D eigenvalue weighted by Crippen LogP contribution is -2.26. The van der Waals surface area contributed by atoms with Crippen molar-refractivity contribution < 1.29 is 55.2 Å². The number of ether oxygens (including phenoxy) is 4. The van der Waals surface area contributed by atoms with Gasteiger partial charge in [-0.15, -0.1) is 0 Å². The maximum Gasteiger partial charge on any atom is 0.422 e. The Balaban J connectivity index is 2.01. The first-order chi connectivity index (χ1) is 16.8. The fourth-order valence-corrected chi connectivity index (χ4v) is 2.87. The van der Waals surface area contributed by atoms with Crippen LogP contribution >= 0.6 is 0 Å². The fraction of sp³-hybridized carbons (Fsp3) is 0.375. The molecule has 0 aromatic heterocycles. The van der Waals surface area contributed by atoms with Crippen molar-refractivity contribution in [3.8, 4) is 17.2 Å². The van der Waals surface area contributed by atoms with E-state index in [0.29, 0.717) is 5.75 Å². The number of carbonyl (C=O) groups is 1. The lowest BCUT2D eigenvalue weighted by molar-refractivity contribution is -0.154. The Morgan fingerprint density at radius 3 is 1.92 bits per heavy atom. The van der Waals surface area contributed by atoms with Crippen molar-refractivity contribution in [3.63, 3.8) is 0 Å². The second-order valence-electron chi connectivity index (χ2n) is 7.39. The van der Waals surface area contributed by atoms with E-state index in [2.05, 4.69) is 9.47 Å². The van der Waals surface area contributed by atoms with Gasteiger partial charge >= 0.3 is 18.3 Å². The summed E-state index contributed by atoms with van der Waals surface area (Å²) >= 11 is 0. The van der Waals surface area contributed by atoms with Crippen LogP contribution in [0.15, 0.2) is 48.5 Å². The van der Waals surface area contributed by atoms with Crippen LogP contribution in [0.4, 0.5) is 26.3 Å². The molecule has 1 unspecified atom stereocenters. The van der Waals surface area contributed by atoms with Gasteiger partial charge in [-0.05, 0) is 48.4 Å². The van der Waals surface area contributed by atoms with Crippen LogP contribution in [0.5, 0.6) is 17.2 Å². The Morgan fingerprint density at radius 2 is 1.44 bits per heavy atom. The number of hydrogen-bond acceptors (Lipinski definition) is 5. The lowest BCUT2D eigenvalue weighted by atomic mass is 10.1. The summed E-state index contributed by atoms with van der Waals surface area (Å²) < 4.78 is 94.6. The molecule has 1 N–H and O–H groups in total.